The molecule has 3 aromatic rings. The minimum absolute atomic E-state index is 0.971. The van der Waals surface area contributed by atoms with Crippen LogP contribution in [-0.4, -0.2) is 30.2 Å². The Balaban J connectivity index is 1.96. The van der Waals surface area contributed by atoms with Crippen LogP contribution in [0.25, 0.3) is 0 Å². The predicted molar refractivity (Wildman–Crippen MR) is 119 cm³/mol. The zero-order valence-corrected chi connectivity index (χ0v) is 17.2. The number of anilines is 2. The van der Waals surface area contributed by atoms with Gasteiger partial charge >= 0.3 is 5.84 Å². The van der Waals surface area contributed by atoms with Crippen LogP contribution in [0.1, 0.15) is 22.3 Å². The van der Waals surface area contributed by atoms with Gasteiger partial charge in [-0.15, -0.1) is 0 Å². The van der Waals surface area contributed by atoms with Crippen molar-refractivity contribution in [2.45, 2.75) is 20.8 Å². The zero-order valence-electron chi connectivity index (χ0n) is 17.2. The van der Waals surface area contributed by atoms with E-state index in [2.05, 4.69) is 111 Å². The molecule has 0 N–H and O–H groups in total. The van der Waals surface area contributed by atoms with Gasteiger partial charge in [-0.1, -0.05) is 47.0 Å². The zero-order chi connectivity index (χ0) is 19.8. The molecule has 28 heavy (non-hydrogen) atoms. The topological polar surface area (TPSA) is 18.6 Å². The number of fused-ring (bicyclic) bond motifs is 1. The van der Waals surface area contributed by atoms with Crippen molar-refractivity contribution < 1.29 is 4.58 Å². The van der Waals surface area contributed by atoms with Gasteiger partial charge in [-0.25, -0.2) is 4.99 Å². The van der Waals surface area contributed by atoms with Gasteiger partial charge in [0.25, 0.3) is 0 Å². The molecule has 1 aliphatic heterocycles. The summed E-state index contributed by atoms with van der Waals surface area (Å²) in [6.07, 6.45) is 0. The van der Waals surface area contributed by atoms with Crippen LogP contribution in [-0.2, 0) is 0 Å². The number of aliphatic imine (C=N–C) groups is 1. The fraction of sp³-hybridized carbons (Fsp3) is 0.200. The largest absolute Gasteiger partial charge is 0.308 e. The van der Waals surface area contributed by atoms with Crippen molar-refractivity contribution in [2.75, 3.05) is 19.0 Å². The van der Waals surface area contributed by atoms with E-state index in [-0.39, 0.29) is 0 Å². The number of aryl methyl sites for hydroxylation is 3. The normalized spacial score (nSPS) is 14.5. The molecule has 0 aromatic heterocycles. The highest BCUT2D eigenvalue weighted by Gasteiger charge is 2.41. The van der Waals surface area contributed by atoms with Crippen LogP contribution in [0.15, 0.2) is 71.7 Å². The molecule has 0 saturated carbocycles. The van der Waals surface area contributed by atoms with Gasteiger partial charge in [-0.3, -0.25) is 4.58 Å². The summed E-state index contributed by atoms with van der Waals surface area (Å²) in [5.41, 5.74) is 9.20. The van der Waals surface area contributed by atoms with Crippen molar-refractivity contribution in [3.8, 4) is 0 Å². The molecule has 0 spiro atoms. The summed E-state index contributed by atoms with van der Waals surface area (Å²) >= 11 is 0. The maximum absolute atomic E-state index is 5.07. The Labute approximate surface area is 167 Å². The Bertz CT molecular complexity index is 1080. The third kappa shape index (κ3) is 3.24. The first-order chi connectivity index (χ1) is 13.4. The minimum atomic E-state index is 0.971. The Morgan fingerprint density at radius 3 is 1.89 bits per heavy atom. The molecule has 0 atom stereocenters. The molecule has 3 aromatic carbocycles. The lowest BCUT2D eigenvalue weighted by Gasteiger charge is -2.14. The van der Waals surface area contributed by atoms with Crippen LogP contribution < -0.4 is 4.90 Å². The van der Waals surface area contributed by atoms with Gasteiger partial charge in [0.05, 0.1) is 25.3 Å². The van der Waals surface area contributed by atoms with Crippen LogP contribution in [0, 0.1) is 20.8 Å². The van der Waals surface area contributed by atoms with Crippen LogP contribution >= 0.6 is 0 Å². The fourth-order valence-corrected chi connectivity index (χ4v) is 3.60. The lowest BCUT2D eigenvalue weighted by Crippen LogP contribution is -2.33. The van der Waals surface area contributed by atoms with Gasteiger partial charge in [0.2, 0.25) is 0 Å². The molecule has 1 heterocycles. The van der Waals surface area contributed by atoms with Crippen LogP contribution in [0.5, 0.6) is 0 Å². The van der Waals surface area contributed by atoms with Crippen molar-refractivity contribution in [2.24, 2.45) is 4.99 Å². The maximum atomic E-state index is 5.07. The first-order valence-corrected chi connectivity index (χ1v) is 9.62. The Hall–Kier alpha value is -3.20. The standard InChI is InChI=1S/C25H26N3/c1-17-6-11-20(12-7-17)26-24-22-16-19(3)10-15-23(22)28(25(24)27(4)5)21-13-8-18(2)9-14-21/h6-16H,1-5H3/q+1. The highest BCUT2D eigenvalue weighted by Crippen LogP contribution is 2.37. The second kappa shape index (κ2) is 7.08. The Morgan fingerprint density at radius 2 is 1.29 bits per heavy atom. The average molecular weight is 369 g/mol. The predicted octanol–water partition coefficient (Wildman–Crippen LogP) is 5.55. The van der Waals surface area contributed by atoms with E-state index in [1.807, 2.05) is 0 Å². The minimum Gasteiger partial charge on any atom is -0.265 e. The molecule has 0 saturated heterocycles. The van der Waals surface area contributed by atoms with Gasteiger partial charge in [0, 0.05) is 0 Å². The van der Waals surface area contributed by atoms with Crippen molar-refractivity contribution in [3.63, 3.8) is 0 Å². The summed E-state index contributed by atoms with van der Waals surface area (Å²) in [4.78, 5) is 7.38. The first-order valence-electron chi connectivity index (χ1n) is 9.62. The second-order valence-corrected chi connectivity index (χ2v) is 7.71. The maximum Gasteiger partial charge on any atom is 0.308 e. The van der Waals surface area contributed by atoms with E-state index < -0.39 is 0 Å². The van der Waals surface area contributed by atoms with Crippen LogP contribution in [0.2, 0.25) is 0 Å². The Kier molecular flexibility index (Phi) is 4.60. The average Bonchev–Trinajstić information content (AvgIpc) is 2.98. The van der Waals surface area contributed by atoms with Crippen LogP contribution in [0.4, 0.5) is 17.1 Å². The van der Waals surface area contributed by atoms with Crippen LogP contribution in [0.3, 0.4) is 0 Å². The van der Waals surface area contributed by atoms with E-state index in [0.717, 1.165) is 22.9 Å². The molecular formula is C25H26N3+. The van der Waals surface area contributed by atoms with E-state index in [1.165, 1.54) is 27.9 Å². The van der Waals surface area contributed by atoms with E-state index in [9.17, 15) is 0 Å². The van der Waals surface area contributed by atoms with Gasteiger partial charge in [-0.2, -0.15) is 4.90 Å². The number of hydrogen-bond donors (Lipinski definition) is 0. The summed E-state index contributed by atoms with van der Waals surface area (Å²) in [6, 6.07) is 23.7. The molecule has 4 rings (SSSR count). The monoisotopic (exact) mass is 368 g/mol. The first kappa shape index (κ1) is 18.2. The van der Waals surface area contributed by atoms with Gasteiger partial charge in [0.1, 0.15) is 11.4 Å². The molecule has 1 aliphatic rings. The number of hydrogen-bond acceptors (Lipinski definition) is 1. The summed E-state index contributed by atoms with van der Waals surface area (Å²) in [5.74, 6) is 1.09. The number of nitrogens with zero attached hydrogens (tertiary/aromatic N) is 3. The third-order valence-electron chi connectivity index (χ3n) is 5.06. The highest BCUT2D eigenvalue weighted by molar-refractivity contribution is 6.56. The van der Waals surface area contributed by atoms with E-state index >= 15 is 0 Å². The molecule has 3 heteroatoms. The molecule has 0 fully saturated rings. The fourth-order valence-electron chi connectivity index (χ4n) is 3.60. The quantitative estimate of drug-likeness (QED) is 0.542. The van der Waals surface area contributed by atoms with Gasteiger partial charge in [0.15, 0.2) is 5.71 Å². The summed E-state index contributed by atoms with van der Waals surface area (Å²) < 4.78 is 2.15. The molecule has 0 amide bonds. The second-order valence-electron chi connectivity index (χ2n) is 7.71. The summed E-state index contributed by atoms with van der Waals surface area (Å²) in [6.45, 7) is 6.35. The van der Waals surface area contributed by atoms with Crippen molar-refractivity contribution in [3.05, 3.63) is 89.0 Å². The van der Waals surface area contributed by atoms with E-state index in [1.54, 1.807) is 0 Å². The smallest absolute Gasteiger partial charge is 0.265 e. The SMILES string of the molecule is Cc1ccc(N=C2C(=[N+](C)C)N(c3ccc(C)cc3)c3ccc(C)cc32)cc1. The third-order valence-corrected chi connectivity index (χ3v) is 5.06. The number of benzene rings is 3. The van der Waals surface area contributed by atoms with Gasteiger partial charge < -0.3 is 0 Å². The number of amidine groups is 1. The van der Waals surface area contributed by atoms with Crippen molar-refractivity contribution >= 4 is 28.6 Å². The molecule has 0 unspecified atom stereocenters. The number of rotatable bonds is 2. The van der Waals surface area contributed by atoms with E-state index in [0.29, 0.717) is 0 Å². The lowest BCUT2D eigenvalue weighted by atomic mass is 10.1. The van der Waals surface area contributed by atoms with Gasteiger partial charge in [-0.05, 0) is 57.2 Å². The van der Waals surface area contributed by atoms with Crippen molar-refractivity contribution in [1.29, 1.82) is 0 Å². The molecular weight excluding hydrogens is 342 g/mol. The van der Waals surface area contributed by atoms with E-state index in [4.69, 9.17) is 4.99 Å². The highest BCUT2D eigenvalue weighted by atomic mass is 15.3. The molecule has 0 bridgehead atoms. The lowest BCUT2D eigenvalue weighted by molar-refractivity contribution is -0.463. The Morgan fingerprint density at radius 1 is 0.714 bits per heavy atom. The molecule has 0 radical (unpaired) electrons. The molecule has 3 nitrogen and oxygen atoms in total. The molecule has 140 valence electrons. The summed E-state index contributed by atoms with van der Waals surface area (Å²) in [5, 5.41) is 0. The summed E-state index contributed by atoms with van der Waals surface area (Å²) in [7, 11) is 4.17. The van der Waals surface area contributed by atoms with Crippen molar-refractivity contribution in [1.82, 2.24) is 0 Å². The molecule has 0 aliphatic carbocycles.